The Hall–Kier alpha value is -2.14. The largest absolute Gasteiger partial charge is 0.376 e. The van der Waals surface area contributed by atoms with Crippen molar-refractivity contribution in [3.63, 3.8) is 0 Å². The summed E-state index contributed by atoms with van der Waals surface area (Å²) >= 11 is 1.67. The van der Waals surface area contributed by atoms with Crippen LogP contribution in [0.4, 0.5) is 5.69 Å². The lowest BCUT2D eigenvalue weighted by Gasteiger charge is -2.13. The molecule has 2 N–H and O–H groups in total. The molecule has 1 heterocycles. The molecule has 5 heteroatoms. The fraction of sp³-hybridized carbons (Fsp3) is 0.333. The fourth-order valence-electron chi connectivity index (χ4n) is 2.50. The number of amides is 1. The minimum Gasteiger partial charge on any atom is -0.376 e. The third kappa shape index (κ3) is 4.66. The number of nitrogens with one attached hydrogen (secondary N) is 2. The Kier molecular flexibility index (Phi) is 5.55. The number of hydrogen-bond acceptors (Lipinski definition) is 4. The summed E-state index contributed by atoms with van der Waals surface area (Å²) in [5.74, 6) is -0.156. The molecule has 1 aromatic heterocycles. The molecule has 1 amide bonds. The third-order valence-electron chi connectivity index (χ3n) is 3.55. The Balaban J connectivity index is 1.93. The molecule has 0 radical (unpaired) electrons. The topological polar surface area (TPSA) is 53.5 Å². The molecule has 0 unspecified atom stereocenters. The number of aryl methyl sites for hydroxylation is 4. The Morgan fingerprint density at radius 1 is 1.13 bits per heavy atom. The van der Waals surface area contributed by atoms with Crippen LogP contribution in [0.2, 0.25) is 0 Å². The van der Waals surface area contributed by atoms with E-state index in [9.17, 15) is 4.79 Å². The third-order valence-corrected chi connectivity index (χ3v) is 4.66. The van der Waals surface area contributed by atoms with E-state index in [0.717, 1.165) is 27.4 Å². The molecule has 0 fully saturated rings. The van der Waals surface area contributed by atoms with Gasteiger partial charge in [0.2, 0.25) is 0 Å². The minimum absolute atomic E-state index is 0.156. The molecule has 0 aliphatic heterocycles. The van der Waals surface area contributed by atoms with E-state index < -0.39 is 0 Å². The van der Waals surface area contributed by atoms with Crippen molar-refractivity contribution in [2.24, 2.45) is 5.10 Å². The van der Waals surface area contributed by atoms with E-state index in [1.54, 1.807) is 11.3 Å². The number of carbonyl (C=O) groups excluding carboxylic acids is 1. The van der Waals surface area contributed by atoms with Crippen LogP contribution in [0.3, 0.4) is 0 Å². The van der Waals surface area contributed by atoms with Crippen molar-refractivity contribution in [1.82, 2.24) is 5.43 Å². The first kappa shape index (κ1) is 17.2. The highest BCUT2D eigenvalue weighted by Crippen LogP contribution is 2.21. The number of nitrogens with zero attached hydrogens (tertiary/aromatic N) is 1. The second-order valence-electron chi connectivity index (χ2n) is 5.77. The highest BCUT2D eigenvalue weighted by Gasteiger charge is 2.07. The van der Waals surface area contributed by atoms with Crippen LogP contribution in [0, 0.1) is 27.7 Å². The number of hydrazone groups is 1. The molecule has 1 aromatic carbocycles. The van der Waals surface area contributed by atoms with Gasteiger partial charge in [-0.2, -0.15) is 5.10 Å². The minimum atomic E-state index is -0.156. The Labute approximate surface area is 141 Å². The second kappa shape index (κ2) is 7.42. The van der Waals surface area contributed by atoms with Gasteiger partial charge in [0.05, 0.1) is 17.1 Å². The average Bonchev–Trinajstić information content (AvgIpc) is 2.90. The lowest BCUT2D eigenvalue weighted by atomic mass is 10.1. The summed E-state index contributed by atoms with van der Waals surface area (Å²) in [5.41, 5.74) is 7.95. The summed E-state index contributed by atoms with van der Waals surface area (Å²) in [7, 11) is 0. The van der Waals surface area contributed by atoms with Crippen LogP contribution < -0.4 is 10.7 Å². The Morgan fingerprint density at radius 2 is 1.78 bits per heavy atom. The van der Waals surface area contributed by atoms with E-state index in [2.05, 4.69) is 41.8 Å². The van der Waals surface area contributed by atoms with Gasteiger partial charge in [0.25, 0.3) is 5.91 Å². The summed E-state index contributed by atoms with van der Waals surface area (Å²) in [6.45, 7) is 10.3. The van der Waals surface area contributed by atoms with E-state index in [0.29, 0.717) is 0 Å². The maximum Gasteiger partial charge on any atom is 0.259 e. The molecule has 0 saturated carbocycles. The van der Waals surface area contributed by atoms with Crippen LogP contribution >= 0.6 is 11.3 Å². The normalized spacial score (nSPS) is 11.4. The smallest absolute Gasteiger partial charge is 0.259 e. The SMILES string of the molecule is C/C(=N/NC(=O)CNc1c(C)cc(C)cc1C)c1ccc(C)s1. The molecule has 122 valence electrons. The first-order valence-corrected chi connectivity index (χ1v) is 8.40. The molecule has 0 spiro atoms. The van der Waals surface area contributed by atoms with E-state index in [1.807, 2.05) is 32.9 Å². The zero-order valence-corrected chi connectivity index (χ0v) is 15.1. The predicted molar refractivity (Wildman–Crippen MR) is 98.6 cm³/mol. The number of hydrogen-bond donors (Lipinski definition) is 2. The fourth-order valence-corrected chi connectivity index (χ4v) is 3.31. The zero-order valence-electron chi connectivity index (χ0n) is 14.3. The van der Waals surface area contributed by atoms with Gasteiger partial charge in [0.15, 0.2) is 0 Å². The van der Waals surface area contributed by atoms with E-state index in [4.69, 9.17) is 0 Å². The van der Waals surface area contributed by atoms with Crippen molar-refractivity contribution < 1.29 is 4.79 Å². The molecule has 23 heavy (non-hydrogen) atoms. The molecule has 0 saturated heterocycles. The molecule has 0 aliphatic rings. The summed E-state index contributed by atoms with van der Waals surface area (Å²) in [4.78, 5) is 14.3. The maximum absolute atomic E-state index is 12.0. The Bertz CT molecular complexity index is 723. The number of anilines is 1. The van der Waals surface area contributed by atoms with Gasteiger partial charge in [-0.05, 0) is 57.9 Å². The van der Waals surface area contributed by atoms with Crippen molar-refractivity contribution in [1.29, 1.82) is 0 Å². The quantitative estimate of drug-likeness (QED) is 0.645. The molecule has 0 atom stereocenters. The van der Waals surface area contributed by atoms with Gasteiger partial charge in [-0.3, -0.25) is 4.79 Å². The van der Waals surface area contributed by atoms with Gasteiger partial charge in [-0.15, -0.1) is 11.3 Å². The highest BCUT2D eigenvalue weighted by atomic mass is 32.1. The van der Waals surface area contributed by atoms with Crippen LogP contribution in [0.25, 0.3) is 0 Å². The van der Waals surface area contributed by atoms with Gasteiger partial charge in [-0.25, -0.2) is 5.43 Å². The lowest BCUT2D eigenvalue weighted by Crippen LogP contribution is -2.27. The van der Waals surface area contributed by atoms with E-state index >= 15 is 0 Å². The first-order valence-electron chi connectivity index (χ1n) is 7.58. The van der Waals surface area contributed by atoms with E-state index in [-0.39, 0.29) is 12.5 Å². The standard InChI is InChI=1S/C18H23N3OS/c1-11-8-12(2)18(13(3)9-11)19-10-17(22)21-20-15(5)16-7-6-14(4)23-16/h6-9,19H,10H2,1-5H3,(H,21,22)/b20-15-. The van der Waals surface area contributed by atoms with Gasteiger partial charge in [0.1, 0.15) is 0 Å². The van der Waals surface area contributed by atoms with Crippen LogP contribution in [0.1, 0.15) is 33.4 Å². The van der Waals surface area contributed by atoms with Crippen molar-refractivity contribution in [2.45, 2.75) is 34.6 Å². The van der Waals surface area contributed by atoms with Gasteiger partial charge >= 0.3 is 0 Å². The van der Waals surface area contributed by atoms with Crippen molar-refractivity contribution in [3.8, 4) is 0 Å². The Morgan fingerprint density at radius 3 is 2.35 bits per heavy atom. The van der Waals surface area contributed by atoms with Crippen molar-refractivity contribution in [3.05, 3.63) is 50.7 Å². The summed E-state index contributed by atoms with van der Waals surface area (Å²) in [5, 5.41) is 7.36. The maximum atomic E-state index is 12.0. The van der Waals surface area contributed by atoms with Crippen molar-refractivity contribution >= 4 is 28.6 Å². The van der Waals surface area contributed by atoms with Crippen LogP contribution in [-0.4, -0.2) is 18.2 Å². The van der Waals surface area contributed by atoms with Gasteiger partial charge in [0, 0.05) is 10.6 Å². The number of benzene rings is 1. The lowest BCUT2D eigenvalue weighted by molar-refractivity contribution is -0.119. The van der Waals surface area contributed by atoms with E-state index in [1.165, 1.54) is 10.4 Å². The number of rotatable bonds is 5. The molecular weight excluding hydrogens is 306 g/mol. The van der Waals surface area contributed by atoms with Crippen LogP contribution in [0.15, 0.2) is 29.4 Å². The van der Waals surface area contributed by atoms with Crippen molar-refractivity contribution in [2.75, 3.05) is 11.9 Å². The molecule has 0 aliphatic carbocycles. The summed E-state index contributed by atoms with van der Waals surface area (Å²) < 4.78 is 0. The molecule has 2 rings (SSSR count). The van der Waals surface area contributed by atoms with Crippen LogP contribution in [-0.2, 0) is 4.79 Å². The highest BCUT2D eigenvalue weighted by molar-refractivity contribution is 7.14. The first-order chi connectivity index (χ1) is 10.9. The van der Waals surface area contributed by atoms with Gasteiger partial charge in [-0.1, -0.05) is 17.7 Å². The average molecular weight is 329 g/mol. The second-order valence-corrected chi connectivity index (χ2v) is 7.06. The monoisotopic (exact) mass is 329 g/mol. The zero-order chi connectivity index (χ0) is 17.0. The molecule has 0 bridgehead atoms. The molecule has 4 nitrogen and oxygen atoms in total. The molecular formula is C18H23N3OS. The predicted octanol–water partition coefficient (Wildman–Crippen LogP) is 3.93. The number of thiophene rings is 1. The molecule has 2 aromatic rings. The number of carbonyl (C=O) groups is 1. The summed E-state index contributed by atoms with van der Waals surface area (Å²) in [6, 6.07) is 8.27. The van der Waals surface area contributed by atoms with Crippen LogP contribution in [0.5, 0.6) is 0 Å². The van der Waals surface area contributed by atoms with Gasteiger partial charge < -0.3 is 5.32 Å². The summed E-state index contributed by atoms with van der Waals surface area (Å²) in [6.07, 6.45) is 0.